The molecule has 0 aliphatic rings. The molecular formula is C17H18Cl2N2O3. The molecule has 5 nitrogen and oxygen atoms in total. The fourth-order valence-electron chi connectivity index (χ4n) is 2.07. The molecule has 0 aliphatic carbocycles. The van der Waals surface area contributed by atoms with E-state index in [-0.39, 0.29) is 12.5 Å². The molecule has 1 amide bonds. The first-order valence-electron chi connectivity index (χ1n) is 7.20. The summed E-state index contributed by atoms with van der Waals surface area (Å²) in [4.78, 5) is 12.0. The van der Waals surface area contributed by atoms with E-state index in [4.69, 9.17) is 32.7 Å². The first-order chi connectivity index (χ1) is 11.5. The number of ether oxygens (including phenoxy) is 2. The minimum absolute atomic E-state index is 0.0750. The molecule has 0 aliphatic heterocycles. The molecule has 2 N–H and O–H groups in total. The molecular weight excluding hydrogens is 351 g/mol. The van der Waals surface area contributed by atoms with Gasteiger partial charge in [0.25, 0.3) is 0 Å². The third kappa shape index (κ3) is 4.69. The molecule has 0 unspecified atom stereocenters. The number of hydrogen-bond donors (Lipinski definition) is 2. The Hall–Kier alpha value is -2.11. The molecule has 2 aromatic carbocycles. The molecule has 0 bridgehead atoms. The molecule has 0 atom stereocenters. The van der Waals surface area contributed by atoms with Crippen molar-refractivity contribution in [2.45, 2.75) is 6.54 Å². The fourth-order valence-corrected chi connectivity index (χ4v) is 2.51. The van der Waals surface area contributed by atoms with Gasteiger partial charge in [0.15, 0.2) is 0 Å². The van der Waals surface area contributed by atoms with E-state index in [2.05, 4.69) is 10.6 Å². The van der Waals surface area contributed by atoms with Crippen LogP contribution in [0, 0.1) is 0 Å². The summed E-state index contributed by atoms with van der Waals surface area (Å²) in [6, 6.07) is 10.7. The summed E-state index contributed by atoms with van der Waals surface area (Å²) < 4.78 is 10.4. The van der Waals surface area contributed by atoms with Gasteiger partial charge < -0.3 is 20.1 Å². The molecule has 0 aromatic heterocycles. The number of rotatable bonds is 7. The van der Waals surface area contributed by atoms with Crippen molar-refractivity contribution in [2.75, 3.05) is 26.1 Å². The van der Waals surface area contributed by atoms with Gasteiger partial charge in [-0.15, -0.1) is 0 Å². The molecule has 0 heterocycles. The van der Waals surface area contributed by atoms with Crippen LogP contribution in [0.25, 0.3) is 0 Å². The van der Waals surface area contributed by atoms with E-state index in [0.29, 0.717) is 33.8 Å². The molecule has 128 valence electrons. The summed E-state index contributed by atoms with van der Waals surface area (Å²) in [7, 11) is 3.05. The first kappa shape index (κ1) is 18.2. The number of anilines is 1. The van der Waals surface area contributed by atoms with E-state index >= 15 is 0 Å². The lowest BCUT2D eigenvalue weighted by atomic mass is 10.2. The maximum Gasteiger partial charge on any atom is 0.239 e. The number of carbonyl (C=O) groups excluding carboxylic acids is 1. The molecule has 2 aromatic rings. The SMILES string of the molecule is COc1cc(NCC(=O)NCc2ccccc2Cl)c(OC)cc1Cl. The zero-order chi connectivity index (χ0) is 17.5. The van der Waals surface area contributed by atoms with Gasteiger partial charge in [-0.25, -0.2) is 0 Å². The van der Waals surface area contributed by atoms with Gasteiger partial charge in [-0.1, -0.05) is 41.4 Å². The predicted octanol–water partition coefficient (Wildman–Crippen LogP) is 3.74. The van der Waals surface area contributed by atoms with Crippen molar-refractivity contribution in [3.05, 3.63) is 52.0 Å². The topological polar surface area (TPSA) is 59.6 Å². The summed E-state index contributed by atoms with van der Waals surface area (Å²) >= 11 is 12.1. The van der Waals surface area contributed by atoms with Crippen LogP contribution in [0.15, 0.2) is 36.4 Å². The second-order valence-electron chi connectivity index (χ2n) is 4.91. The van der Waals surface area contributed by atoms with Crippen molar-refractivity contribution in [1.82, 2.24) is 5.32 Å². The van der Waals surface area contributed by atoms with Crippen LogP contribution < -0.4 is 20.1 Å². The summed E-state index contributed by atoms with van der Waals surface area (Å²) in [6.07, 6.45) is 0. The Morgan fingerprint density at radius 1 is 1.04 bits per heavy atom. The van der Waals surface area contributed by atoms with E-state index < -0.39 is 0 Å². The molecule has 0 saturated carbocycles. The first-order valence-corrected chi connectivity index (χ1v) is 7.96. The standard InChI is InChI=1S/C17H18Cl2N2O3/c1-23-15-8-14(16(24-2)7-13(15)19)20-10-17(22)21-9-11-5-3-4-6-12(11)18/h3-8,20H,9-10H2,1-2H3,(H,21,22). The average Bonchev–Trinajstić information content (AvgIpc) is 2.59. The Bertz CT molecular complexity index is 723. The Labute approximate surface area is 150 Å². The van der Waals surface area contributed by atoms with Crippen molar-refractivity contribution in [1.29, 1.82) is 0 Å². The molecule has 0 saturated heterocycles. The molecule has 24 heavy (non-hydrogen) atoms. The van der Waals surface area contributed by atoms with Crippen LogP contribution in [0.5, 0.6) is 11.5 Å². The number of hydrogen-bond acceptors (Lipinski definition) is 4. The van der Waals surface area contributed by atoms with Crippen LogP contribution in [-0.4, -0.2) is 26.7 Å². The van der Waals surface area contributed by atoms with Gasteiger partial charge in [-0.05, 0) is 11.6 Å². The van der Waals surface area contributed by atoms with Crippen LogP contribution in [0.4, 0.5) is 5.69 Å². The Balaban J connectivity index is 1.95. The van der Waals surface area contributed by atoms with Gasteiger partial charge in [0.2, 0.25) is 5.91 Å². The minimum atomic E-state index is -0.175. The minimum Gasteiger partial charge on any atom is -0.495 e. The van der Waals surface area contributed by atoms with Crippen LogP contribution in [0.2, 0.25) is 10.0 Å². The highest BCUT2D eigenvalue weighted by atomic mass is 35.5. The quantitative estimate of drug-likeness (QED) is 0.781. The predicted molar refractivity (Wildman–Crippen MR) is 96.3 cm³/mol. The van der Waals surface area contributed by atoms with Crippen molar-refractivity contribution in [3.8, 4) is 11.5 Å². The maximum absolute atomic E-state index is 12.0. The summed E-state index contributed by atoms with van der Waals surface area (Å²) in [5.41, 5.74) is 1.48. The Morgan fingerprint density at radius 3 is 2.42 bits per heavy atom. The van der Waals surface area contributed by atoms with Gasteiger partial charge in [0, 0.05) is 23.7 Å². The Morgan fingerprint density at radius 2 is 1.75 bits per heavy atom. The summed E-state index contributed by atoms with van der Waals surface area (Å²) in [5.74, 6) is 0.849. The number of amides is 1. The van der Waals surface area contributed by atoms with Crippen molar-refractivity contribution < 1.29 is 14.3 Å². The van der Waals surface area contributed by atoms with E-state index in [1.807, 2.05) is 18.2 Å². The van der Waals surface area contributed by atoms with Gasteiger partial charge in [0.05, 0.1) is 31.5 Å². The largest absolute Gasteiger partial charge is 0.495 e. The zero-order valence-corrected chi connectivity index (χ0v) is 14.9. The summed E-state index contributed by atoms with van der Waals surface area (Å²) in [6.45, 7) is 0.437. The molecule has 0 radical (unpaired) electrons. The fraction of sp³-hybridized carbons (Fsp3) is 0.235. The van der Waals surface area contributed by atoms with E-state index in [1.165, 1.54) is 14.2 Å². The molecule has 0 fully saturated rings. The normalized spacial score (nSPS) is 10.2. The van der Waals surface area contributed by atoms with E-state index in [1.54, 1.807) is 18.2 Å². The van der Waals surface area contributed by atoms with Crippen molar-refractivity contribution in [2.24, 2.45) is 0 Å². The third-order valence-corrected chi connectivity index (χ3v) is 4.01. The molecule has 2 rings (SSSR count). The second kappa shape index (κ2) is 8.66. The molecule has 7 heteroatoms. The van der Waals surface area contributed by atoms with Gasteiger partial charge in [-0.2, -0.15) is 0 Å². The lowest BCUT2D eigenvalue weighted by molar-refractivity contribution is -0.119. The zero-order valence-electron chi connectivity index (χ0n) is 13.4. The lowest BCUT2D eigenvalue weighted by Gasteiger charge is -2.14. The monoisotopic (exact) mass is 368 g/mol. The van der Waals surface area contributed by atoms with Crippen LogP contribution in [0.1, 0.15) is 5.56 Å². The van der Waals surface area contributed by atoms with Gasteiger partial charge >= 0.3 is 0 Å². The highest BCUT2D eigenvalue weighted by Gasteiger charge is 2.11. The highest BCUT2D eigenvalue weighted by Crippen LogP contribution is 2.35. The number of nitrogens with one attached hydrogen (secondary N) is 2. The summed E-state index contributed by atoms with van der Waals surface area (Å²) in [5, 5.41) is 6.87. The average molecular weight is 369 g/mol. The third-order valence-electron chi connectivity index (χ3n) is 3.35. The number of halogens is 2. The Kier molecular flexibility index (Phi) is 6.58. The van der Waals surface area contributed by atoms with Crippen LogP contribution in [0.3, 0.4) is 0 Å². The number of benzene rings is 2. The maximum atomic E-state index is 12.0. The van der Waals surface area contributed by atoms with Crippen LogP contribution >= 0.6 is 23.2 Å². The second-order valence-corrected chi connectivity index (χ2v) is 5.72. The van der Waals surface area contributed by atoms with Gasteiger partial charge in [-0.3, -0.25) is 4.79 Å². The van der Waals surface area contributed by atoms with E-state index in [0.717, 1.165) is 5.56 Å². The smallest absolute Gasteiger partial charge is 0.239 e. The lowest BCUT2D eigenvalue weighted by Crippen LogP contribution is -2.29. The highest BCUT2D eigenvalue weighted by molar-refractivity contribution is 6.32. The van der Waals surface area contributed by atoms with Crippen molar-refractivity contribution in [3.63, 3.8) is 0 Å². The number of methoxy groups -OCH3 is 2. The van der Waals surface area contributed by atoms with Gasteiger partial charge in [0.1, 0.15) is 11.5 Å². The van der Waals surface area contributed by atoms with Crippen LogP contribution in [-0.2, 0) is 11.3 Å². The number of carbonyl (C=O) groups is 1. The van der Waals surface area contributed by atoms with E-state index in [9.17, 15) is 4.79 Å². The van der Waals surface area contributed by atoms with Crippen molar-refractivity contribution >= 4 is 34.8 Å². The molecule has 0 spiro atoms.